The highest BCUT2D eigenvalue weighted by atomic mass is 32.2. The predicted molar refractivity (Wildman–Crippen MR) is 153 cm³/mol. The van der Waals surface area contributed by atoms with Gasteiger partial charge in [0.25, 0.3) is 0 Å². The molecule has 0 spiro atoms. The van der Waals surface area contributed by atoms with Crippen molar-refractivity contribution in [3.05, 3.63) is 126 Å². The van der Waals surface area contributed by atoms with Crippen molar-refractivity contribution >= 4 is 29.4 Å². The van der Waals surface area contributed by atoms with Gasteiger partial charge in [-0.1, -0.05) is 66.7 Å². The highest BCUT2D eigenvalue weighted by molar-refractivity contribution is 8.00. The molecule has 2 aromatic heterocycles. The van der Waals surface area contributed by atoms with Gasteiger partial charge in [0.2, 0.25) is 11.8 Å². The van der Waals surface area contributed by atoms with Gasteiger partial charge in [-0.25, -0.2) is 9.07 Å². The third-order valence-electron chi connectivity index (χ3n) is 6.67. The van der Waals surface area contributed by atoms with Crippen LogP contribution in [0.5, 0.6) is 0 Å². The number of amides is 2. The fourth-order valence-corrected chi connectivity index (χ4v) is 6.03. The second-order valence-corrected chi connectivity index (χ2v) is 10.3. The van der Waals surface area contributed by atoms with Crippen LogP contribution in [-0.4, -0.2) is 33.9 Å². The number of rotatable bonds is 7. The van der Waals surface area contributed by atoms with Crippen molar-refractivity contribution in [1.29, 1.82) is 0 Å². The Morgan fingerprint density at radius 2 is 1.70 bits per heavy atom. The molecule has 9 heteroatoms. The van der Waals surface area contributed by atoms with Crippen LogP contribution in [0, 0.1) is 5.82 Å². The zero-order chi connectivity index (χ0) is 27.5. The number of furan rings is 1. The summed E-state index contributed by atoms with van der Waals surface area (Å²) in [5, 5.41) is 7.29. The second-order valence-electron chi connectivity index (χ2n) is 9.25. The molecule has 1 unspecified atom stereocenters. The Morgan fingerprint density at radius 3 is 2.42 bits per heavy atom. The fourth-order valence-electron chi connectivity index (χ4n) is 4.81. The van der Waals surface area contributed by atoms with Gasteiger partial charge in [-0.15, -0.1) is 11.8 Å². The zero-order valence-corrected chi connectivity index (χ0v) is 22.2. The molecular weight excluding hydrogens is 527 g/mol. The first-order valence-electron chi connectivity index (χ1n) is 12.8. The summed E-state index contributed by atoms with van der Waals surface area (Å²) in [7, 11) is 0. The van der Waals surface area contributed by atoms with Crippen LogP contribution in [0.4, 0.5) is 10.2 Å². The van der Waals surface area contributed by atoms with Crippen molar-refractivity contribution in [2.45, 2.75) is 11.8 Å². The van der Waals surface area contributed by atoms with Crippen molar-refractivity contribution in [3.8, 4) is 16.9 Å². The van der Waals surface area contributed by atoms with E-state index in [0.717, 1.165) is 5.56 Å². The van der Waals surface area contributed by atoms with E-state index >= 15 is 4.39 Å². The van der Waals surface area contributed by atoms with Crippen molar-refractivity contribution in [3.63, 3.8) is 0 Å². The lowest BCUT2D eigenvalue weighted by Crippen LogP contribution is -2.42. The van der Waals surface area contributed by atoms with Crippen LogP contribution >= 0.6 is 11.8 Å². The Kier molecular flexibility index (Phi) is 7.20. The molecule has 1 aliphatic heterocycles. The lowest BCUT2D eigenvalue weighted by atomic mass is 9.99. The molecule has 200 valence electrons. The number of halogens is 1. The molecule has 3 aromatic carbocycles. The minimum Gasteiger partial charge on any atom is -0.467 e. The molecule has 0 radical (unpaired) electrons. The third-order valence-corrected chi connectivity index (χ3v) is 7.90. The molecule has 0 bridgehead atoms. The van der Waals surface area contributed by atoms with Crippen LogP contribution in [0.2, 0.25) is 0 Å². The van der Waals surface area contributed by atoms with Gasteiger partial charge in [0.15, 0.2) is 0 Å². The smallest absolute Gasteiger partial charge is 0.240 e. The number of fused-ring (bicyclic) bond motifs is 1. The average molecular weight is 553 g/mol. The highest BCUT2D eigenvalue weighted by Gasteiger charge is 2.38. The van der Waals surface area contributed by atoms with Crippen molar-refractivity contribution in [2.24, 2.45) is 0 Å². The number of thioether (sulfide) groups is 1. The number of aromatic nitrogens is 2. The van der Waals surface area contributed by atoms with Gasteiger partial charge in [-0.3, -0.25) is 14.5 Å². The Balaban J connectivity index is 1.53. The standard InChI is InChI=1S/C31H25FN4O3S/c32-25-16-8-7-15-24(25)30-28-29(21-10-3-1-4-11-21)34-36(22-12-5-2-6-13-22)31(28)35(27(38)20-40-30)19-26(37)33-18-23-14-9-17-39-23/h1-17,30H,18-20H2,(H,33,37). The quantitative estimate of drug-likeness (QED) is 0.278. The van der Waals surface area contributed by atoms with E-state index in [-0.39, 0.29) is 36.5 Å². The van der Waals surface area contributed by atoms with Crippen molar-refractivity contribution < 1.29 is 18.4 Å². The summed E-state index contributed by atoms with van der Waals surface area (Å²) in [6.45, 7) is -0.0373. The van der Waals surface area contributed by atoms with E-state index in [2.05, 4.69) is 5.32 Å². The van der Waals surface area contributed by atoms with Gasteiger partial charge in [0, 0.05) is 16.7 Å². The third kappa shape index (κ3) is 5.03. The number of carbonyl (C=O) groups excluding carboxylic acids is 2. The van der Waals surface area contributed by atoms with E-state index in [0.29, 0.717) is 34.1 Å². The molecule has 6 rings (SSSR count). The van der Waals surface area contributed by atoms with E-state index in [1.807, 2.05) is 60.7 Å². The fraction of sp³-hybridized carbons (Fsp3) is 0.129. The number of hydrogen-bond acceptors (Lipinski definition) is 5. The van der Waals surface area contributed by atoms with Crippen molar-refractivity contribution in [2.75, 3.05) is 17.2 Å². The van der Waals surface area contributed by atoms with E-state index in [9.17, 15) is 9.59 Å². The maximum absolute atomic E-state index is 15.3. The molecule has 0 saturated heterocycles. The molecule has 5 aromatic rings. The number of nitrogens with zero attached hydrogens (tertiary/aromatic N) is 3. The molecule has 3 heterocycles. The Labute approximate surface area is 234 Å². The minimum absolute atomic E-state index is 0.0577. The first-order chi connectivity index (χ1) is 19.6. The van der Waals surface area contributed by atoms with Crippen LogP contribution in [0.3, 0.4) is 0 Å². The second kappa shape index (κ2) is 11.2. The van der Waals surface area contributed by atoms with Gasteiger partial charge < -0.3 is 9.73 Å². The molecule has 7 nitrogen and oxygen atoms in total. The summed E-state index contributed by atoms with van der Waals surface area (Å²) in [4.78, 5) is 28.3. The number of hydrogen-bond donors (Lipinski definition) is 1. The molecule has 1 aliphatic rings. The normalized spacial score (nSPS) is 15.0. The lowest BCUT2D eigenvalue weighted by molar-refractivity contribution is -0.123. The number of carbonyl (C=O) groups is 2. The number of nitrogens with one attached hydrogen (secondary N) is 1. The maximum Gasteiger partial charge on any atom is 0.240 e. The van der Waals surface area contributed by atoms with E-state index in [4.69, 9.17) is 9.52 Å². The van der Waals surface area contributed by atoms with Crippen LogP contribution in [0.1, 0.15) is 22.1 Å². The van der Waals surface area contributed by atoms with E-state index in [1.165, 1.54) is 29.0 Å². The van der Waals surface area contributed by atoms with Gasteiger partial charge in [0.1, 0.15) is 23.9 Å². The van der Waals surface area contributed by atoms with Gasteiger partial charge in [-0.2, -0.15) is 5.10 Å². The molecule has 1 atom stereocenters. The Bertz CT molecular complexity index is 1640. The van der Waals surface area contributed by atoms with Gasteiger partial charge in [-0.05, 0) is 30.3 Å². The number of benzene rings is 3. The molecular formula is C31H25FN4O3S. The van der Waals surface area contributed by atoms with E-state index < -0.39 is 5.25 Å². The maximum atomic E-state index is 15.3. The van der Waals surface area contributed by atoms with Gasteiger partial charge >= 0.3 is 0 Å². The first kappa shape index (κ1) is 25.6. The predicted octanol–water partition coefficient (Wildman–Crippen LogP) is 5.76. The molecule has 1 N–H and O–H groups in total. The average Bonchev–Trinajstić information content (AvgIpc) is 3.63. The summed E-state index contributed by atoms with van der Waals surface area (Å²) >= 11 is 1.33. The largest absolute Gasteiger partial charge is 0.467 e. The Hall–Kier alpha value is -4.63. The summed E-state index contributed by atoms with van der Waals surface area (Å²) in [5.74, 6) is 0.118. The van der Waals surface area contributed by atoms with Crippen LogP contribution in [0.25, 0.3) is 16.9 Å². The minimum atomic E-state index is -0.538. The number of para-hydroxylation sites is 1. The highest BCUT2D eigenvalue weighted by Crippen LogP contribution is 2.49. The van der Waals surface area contributed by atoms with Crippen LogP contribution < -0.4 is 10.2 Å². The van der Waals surface area contributed by atoms with Crippen LogP contribution in [0.15, 0.2) is 108 Å². The molecule has 0 fully saturated rings. The van der Waals surface area contributed by atoms with Crippen LogP contribution in [-0.2, 0) is 16.1 Å². The molecule has 40 heavy (non-hydrogen) atoms. The molecule has 0 saturated carbocycles. The van der Waals surface area contributed by atoms with E-state index in [1.54, 1.807) is 35.0 Å². The zero-order valence-electron chi connectivity index (χ0n) is 21.4. The monoisotopic (exact) mass is 552 g/mol. The number of anilines is 1. The van der Waals surface area contributed by atoms with Gasteiger partial charge in [0.05, 0.1) is 35.2 Å². The Morgan fingerprint density at radius 1 is 0.975 bits per heavy atom. The first-order valence-corrected chi connectivity index (χ1v) is 13.8. The SMILES string of the molecule is O=C(CN1C(=O)CSC(c2ccccc2F)c2c(-c3ccccc3)nn(-c3ccccc3)c21)NCc1ccco1. The van der Waals surface area contributed by atoms with Crippen molar-refractivity contribution in [1.82, 2.24) is 15.1 Å². The summed E-state index contributed by atoms with van der Waals surface area (Å²) in [6, 6.07) is 29.2. The summed E-state index contributed by atoms with van der Waals surface area (Å²) in [6.07, 6.45) is 1.54. The molecule has 0 aliphatic carbocycles. The topological polar surface area (TPSA) is 80.4 Å². The lowest BCUT2D eigenvalue weighted by Gasteiger charge is -2.23. The summed E-state index contributed by atoms with van der Waals surface area (Å²) in [5.41, 5.74) is 3.29. The summed E-state index contributed by atoms with van der Waals surface area (Å²) < 4.78 is 22.3. The molecule has 2 amide bonds.